The summed E-state index contributed by atoms with van der Waals surface area (Å²) in [6.07, 6.45) is 0. The predicted octanol–water partition coefficient (Wildman–Crippen LogP) is 1.22. The summed E-state index contributed by atoms with van der Waals surface area (Å²) in [5.41, 5.74) is 0.835. The summed E-state index contributed by atoms with van der Waals surface area (Å²) in [7, 11) is 0. The van der Waals surface area contributed by atoms with E-state index in [9.17, 15) is 4.79 Å². The van der Waals surface area contributed by atoms with Crippen molar-refractivity contribution in [2.45, 2.75) is 17.3 Å². The second kappa shape index (κ2) is 5.09. The SMILES string of the molecule is CC(Sc1nnc(-c2ccccc2)n1N)C(=O)O. The van der Waals surface area contributed by atoms with Crippen molar-refractivity contribution in [2.24, 2.45) is 0 Å². The molecule has 0 saturated heterocycles. The van der Waals surface area contributed by atoms with Crippen LogP contribution in [-0.4, -0.2) is 31.2 Å². The lowest BCUT2D eigenvalue weighted by Gasteiger charge is -2.05. The molecular formula is C11H12N4O2S. The van der Waals surface area contributed by atoms with Crippen LogP contribution in [0.1, 0.15) is 6.92 Å². The molecule has 0 aliphatic rings. The van der Waals surface area contributed by atoms with E-state index in [1.165, 1.54) is 4.68 Å². The van der Waals surface area contributed by atoms with E-state index in [-0.39, 0.29) is 0 Å². The number of hydrogen-bond acceptors (Lipinski definition) is 5. The number of hydrogen-bond donors (Lipinski definition) is 2. The van der Waals surface area contributed by atoms with Gasteiger partial charge in [0.15, 0.2) is 5.82 Å². The molecule has 0 aliphatic carbocycles. The highest BCUT2D eigenvalue weighted by molar-refractivity contribution is 8.00. The summed E-state index contributed by atoms with van der Waals surface area (Å²) in [4.78, 5) is 10.8. The van der Waals surface area contributed by atoms with E-state index >= 15 is 0 Å². The Balaban J connectivity index is 2.27. The second-order valence-electron chi connectivity index (χ2n) is 3.64. The average Bonchev–Trinajstić information content (AvgIpc) is 2.72. The zero-order chi connectivity index (χ0) is 13.1. The van der Waals surface area contributed by atoms with E-state index in [4.69, 9.17) is 10.9 Å². The molecule has 1 aromatic heterocycles. The molecule has 18 heavy (non-hydrogen) atoms. The Bertz CT molecular complexity index is 555. The summed E-state index contributed by atoms with van der Waals surface area (Å²) in [6, 6.07) is 9.36. The molecule has 94 valence electrons. The Kier molecular flexibility index (Phi) is 3.52. The van der Waals surface area contributed by atoms with Crippen LogP contribution in [0.15, 0.2) is 35.5 Å². The number of aromatic nitrogens is 3. The van der Waals surface area contributed by atoms with Crippen molar-refractivity contribution in [3.8, 4) is 11.4 Å². The topological polar surface area (TPSA) is 94.0 Å². The minimum absolute atomic E-state index is 0.378. The van der Waals surface area contributed by atoms with Crippen LogP contribution >= 0.6 is 11.8 Å². The molecule has 0 radical (unpaired) electrons. The first-order valence-electron chi connectivity index (χ1n) is 5.25. The molecule has 2 aromatic rings. The highest BCUT2D eigenvalue weighted by Gasteiger charge is 2.18. The number of nitrogens with two attached hydrogens (primary N) is 1. The summed E-state index contributed by atoms with van der Waals surface area (Å²) in [5, 5.41) is 16.5. The number of benzene rings is 1. The number of nitrogen functional groups attached to an aromatic ring is 1. The van der Waals surface area contributed by atoms with Gasteiger partial charge in [-0.15, -0.1) is 10.2 Å². The van der Waals surface area contributed by atoms with Crippen molar-refractivity contribution in [2.75, 3.05) is 5.84 Å². The zero-order valence-electron chi connectivity index (χ0n) is 9.65. The molecule has 1 heterocycles. The third-order valence-electron chi connectivity index (χ3n) is 2.33. The molecule has 3 N–H and O–H groups in total. The fourth-order valence-corrected chi connectivity index (χ4v) is 2.06. The van der Waals surface area contributed by atoms with E-state index in [1.807, 2.05) is 30.3 Å². The smallest absolute Gasteiger partial charge is 0.316 e. The zero-order valence-corrected chi connectivity index (χ0v) is 10.5. The molecule has 2 rings (SSSR count). The number of rotatable bonds is 4. The van der Waals surface area contributed by atoms with Gasteiger partial charge in [-0.3, -0.25) is 4.79 Å². The maximum Gasteiger partial charge on any atom is 0.316 e. The number of thioether (sulfide) groups is 1. The Labute approximate surface area is 108 Å². The van der Waals surface area contributed by atoms with Crippen LogP contribution in [0.5, 0.6) is 0 Å². The second-order valence-corrected chi connectivity index (χ2v) is 4.95. The standard InChI is InChI=1S/C11H12N4O2S/c1-7(10(16)17)18-11-14-13-9(15(11)12)8-5-3-2-4-6-8/h2-7H,12H2,1H3,(H,16,17). The van der Waals surface area contributed by atoms with Crippen LogP contribution in [0.4, 0.5) is 0 Å². The first-order chi connectivity index (χ1) is 8.59. The number of carboxylic acid groups (broad SMARTS) is 1. The van der Waals surface area contributed by atoms with Gasteiger partial charge in [-0.2, -0.15) is 0 Å². The van der Waals surface area contributed by atoms with Gasteiger partial charge < -0.3 is 10.9 Å². The average molecular weight is 264 g/mol. The van der Waals surface area contributed by atoms with Gasteiger partial charge in [0.1, 0.15) is 5.25 Å². The van der Waals surface area contributed by atoms with Crippen molar-refractivity contribution in [3.05, 3.63) is 30.3 Å². The molecule has 0 saturated carbocycles. The minimum Gasteiger partial charge on any atom is -0.480 e. The fraction of sp³-hybridized carbons (Fsp3) is 0.182. The molecule has 7 heteroatoms. The fourth-order valence-electron chi connectivity index (χ4n) is 1.35. The van der Waals surface area contributed by atoms with Crippen LogP contribution in [0.3, 0.4) is 0 Å². The highest BCUT2D eigenvalue weighted by atomic mass is 32.2. The van der Waals surface area contributed by atoms with Gasteiger partial charge in [0.2, 0.25) is 5.16 Å². The van der Waals surface area contributed by atoms with Crippen LogP contribution in [0, 0.1) is 0 Å². The van der Waals surface area contributed by atoms with Crippen molar-refractivity contribution >= 4 is 17.7 Å². The van der Waals surface area contributed by atoms with Crippen molar-refractivity contribution in [3.63, 3.8) is 0 Å². The third kappa shape index (κ3) is 2.45. The van der Waals surface area contributed by atoms with Crippen molar-refractivity contribution < 1.29 is 9.90 Å². The Hall–Kier alpha value is -2.02. The predicted molar refractivity (Wildman–Crippen MR) is 68.6 cm³/mol. The molecular weight excluding hydrogens is 252 g/mol. The first kappa shape index (κ1) is 12.4. The van der Waals surface area contributed by atoms with Crippen LogP contribution in [0.2, 0.25) is 0 Å². The summed E-state index contributed by atoms with van der Waals surface area (Å²) in [5.74, 6) is 5.46. The normalized spacial score (nSPS) is 12.3. The summed E-state index contributed by atoms with van der Waals surface area (Å²) < 4.78 is 1.30. The van der Waals surface area contributed by atoms with E-state index < -0.39 is 11.2 Å². The number of nitrogens with zero attached hydrogens (tertiary/aromatic N) is 3. The lowest BCUT2D eigenvalue weighted by molar-refractivity contribution is -0.136. The monoisotopic (exact) mass is 264 g/mol. The van der Waals surface area contributed by atoms with Crippen molar-refractivity contribution in [1.29, 1.82) is 0 Å². The van der Waals surface area contributed by atoms with Gasteiger partial charge in [0.05, 0.1) is 0 Å². The van der Waals surface area contributed by atoms with E-state index in [0.29, 0.717) is 11.0 Å². The molecule has 6 nitrogen and oxygen atoms in total. The van der Waals surface area contributed by atoms with E-state index in [2.05, 4.69) is 10.2 Å². The van der Waals surface area contributed by atoms with Crippen molar-refractivity contribution in [1.82, 2.24) is 14.9 Å². The van der Waals surface area contributed by atoms with Crippen LogP contribution in [-0.2, 0) is 4.79 Å². The largest absolute Gasteiger partial charge is 0.480 e. The lowest BCUT2D eigenvalue weighted by Crippen LogP contribution is -2.16. The molecule has 0 fully saturated rings. The van der Waals surface area contributed by atoms with Gasteiger partial charge in [0.25, 0.3) is 0 Å². The molecule has 1 aromatic carbocycles. The van der Waals surface area contributed by atoms with Gasteiger partial charge >= 0.3 is 5.97 Å². The molecule has 1 unspecified atom stereocenters. The Morgan fingerprint density at radius 3 is 2.67 bits per heavy atom. The summed E-state index contributed by atoms with van der Waals surface area (Å²) >= 11 is 1.06. The van der Waals surface area contributed by atoms with Gasteiger partial charge in [-0.1, -0.05) is 42.1 Å². The van der Waals surface area contributed by atoms with Crippen LogP contribution < -0.4 is 5.84 Å². The Morgan fingerprint density at radius 1 is 1.39 bits per heavy atom. The molecule has 0 amide bonds. The lowest BCUT2D eigenvalue weighted by atomic mass is 10.2. The number of carbonyl (C=O) groups is 1. The molecule has 1 atom stereocenters. The number of aliphatic carboxylic acids is 1. The quantitative estimate of drug-likeness (QED) is 0.637. The highest BCUT2D eigenvalue weighted by Crippen LogP contribution is 2.24. The minimum atomic E-state index is -0.913. The maximum absolute atomic E-state index is 10.8. The van der Waals surface area contributed by atoms with Gasteiger partial charge in [-0.05, 0) is 6.92 Å². The van der Waals surface area contributed by atoms with E-state index in [1.54, 1.807) is 6.92 Å². The maximum atomic E-state index is 10.8. The number of carboxylic acids is 1. The van der Waals surface area contributed by atoms with Gasteiger partial charge in [0, 0.05) is 5.56 Å². The third-order valence-corrected chi connectivity index (χ3v) is 3.37. The molecule has 0 bridgehead atoms. The van der Waals surface area contributed by atoms with Gasteiger partial charge in [-0.25, -0.2) is 4.68 Å². The van der Waals surface area contributed by atoms with E-state index in [0.717, 1.165) is 17.3 Å². The summed E-state index contributed by atoms with van der Waals surface area (Å²) in [6.45, 7) is 1.57. The molecule has 0 spiro atoms. The Morgan fingerprint density at radius 2 is 2.06 bits per heavy atom. The molecule has 0 aliphatic heterocycles. The van der Waals surface area contributed by atoms with Crippen LogP contribution in [0.25, 0.3) is 11.4 Å². The first-order valence-corrected chi connectivity index (χ1v) is 6.13.